The van der Waals surface area contributed by atoms with Gasteiger partial charge in [-0.2, -0.15) is 0 Å². The maximum absolute atomic E-state index is 4.42. The van der Waals surface area contributed by atoms with Crippen LogP contribution in [0.4, 0.5) is 5.82 Å². The molecule has 0 atom stereocenters. The molecule has 4 nitrogen and oxygen atoms in total. The number of hydrogen-bond acceptors (Lipinski definition) is 6. The van der Waals surface area contributed by atoms with Crippen LogP contribution in [-0.4, -0.2) is 15.0 Å². The Morgan fingerprint density at radius 2 is 1.90 bits per heavy atom. The normalized spacial score (nSPS) is 11.1. The molecule has 0 aliphatic heterocycles. The van der Waals surface area contributed by atoms with Gasteiger partial charge >= 0.3 is 0 Å². The molecule has 0 saturated carbocycles. The van der Waals surface area contributed by atoms with Crippen LogP contribution < -0.4 is 5.32 Å². The topological polar surface area (TPSA) is 50.7 Å². The summed E-state index contributed by atoms with van der Waals surface area (Å²) in [5.74, 6) is 0.902. The zero-order valence-electron chi connectivity index (χ0n) is 11.5. The summed E-state index contributed by atoms with van der Waals surface area (Å²) in [7, 11) is 0. The Morgan fingerprint density at radius 3 is 2.65 bits per heavy atom. The van der Waals surface area contributed by atoms with Crippen molar-refractivity contribution in [1.82, 2.24) is 15.0 Å². The number of thiophene rings is 1. The maximum atomic E-state index is 4.42. The largest absolute Gasteiger partial charge is 0.363 e. The molecule has 104 valence electrons. The Labute approximate surface area is 125 Å². The van der Waals surface area contributed by atoms with E-state index >= 15 is 0 Å². The highest BCUT2D eigenvalue weighted by Crippen LogP contribution is 2.28. The lowest BCUT2D eigenvalue weighted by atomic mass is 10.3. The van der Waals surface area contributed by atoms with Crippen LogP contribution >= 0.6 is 22.7 Å². The van der Waals surface area contributed by atoms with E-state index in [0.717, 1.165) is 33.9 Å². The van der Waals surface area contributed by atoms with E-state index in [1.54, 1.807) is 29.0 Å². The van der Waals surface area contributed by atoms with Crippen LogP contribution in [0, 0.1) is 0 Å². The van der Waals surface area contributed by atoms with Gasteiger partial charge in [-0.05, 0) is 18.9 Å². The first-order valence-corrected chi connectivity index (χ1v) is 8.34. The number of aromatic nitrogens is 3. The smallest absolute Gasteiger partial charge is 0.138 e. The predicted molar refractivity (Wildman–Crippen MR) is 85.6 cm³/mol. The molecule has 6 heteroatoms. The van der Waals surface area contributed by atoms with E-state index in [2.05, 4.69) is 40.2 Å². The van der Waals surface area contributed by atoms with Gasteiger partial charge in [-0.1, -0.05) is 13.8 Å². The third-order valence-corrected chi connectivity index (χ3v) is 5.41. The molecule has 3 aromatic heterocycles. The molecule has 0 aromatic carbocycles. The van der Waals surface area contributed by atoms with Crippen molar-refractivity contribution < 1.29 is 0 Å². The minimum atomic E-state index is 0.716. The lowest BCUT2D eigenvalue weighted by molar-refractivity contribution is 1.07. The van der Waals surface area contributed by atoms with Crippen molar-refractivity contribution in [3.63, 3.8) is 0 Å². The molecule has 0 saturated heterocycles. The van der Waals surface area contributed by atoms with Crippen LogP contribution in [0.2, 0.25) is 0 Å². The zero-order chi connectivity index (χ0) is 13.9. The number of nitrogens with one attached hydrogen (secondary N) is 1. The minimum absolute atomic E-state index is 0.716. The van der Waals surface area contributed by atoms with E-state index in [9.17, 15) is 0 Å². The highest BCUT2D eigenvalue weighted by molar-refractivity contribution is 7.18. The first kappa shape index (κ1) is 13.5. The minimum Gasteiger partial charge on any atom is -0.363 e. The lowest BCUT2D eigenvalue weighted by Gasteiger charge is -2.03. The highest BCUT2D eigenvalue weighted by atomic mass is 32.1. The predicted octanol–water partition coefficient (Wildman–Crippen LogP) is 3.88. The first-order chi connectivity index (χ1) is 9.80. The van der Waals surface area contributed by atoms with Crippen LogP contribution in [-0.2, 0) is 19.4 Å². The fourth-order valence-corrected chi connectivity index (χ4v) is 3.71. The van der Waals surface area contributed by atoms with Crippen molar-refractivity contribution in [2.24, 2.45) is 0 Å². The molecule has 0 spiro atoms. The van der Waals surface area contributed by atoms with Gasteiger partial charge in [0, 0.05) is 16.0 Å². The van der Waals surface area contributed by atoms with Gasteiger partial charge in [0.25, 0.3) is 0 Å². The second-order valence-electron chi connectivity index (χ2n) is 4.43. The Kier molecular flexibility index (Phi) is 3.93. The van der Waals surface area contributed by atoms with Gasteiger partial charge in [0.05, 0.1) is 11.9 Å². The number of nitrogens with zero attached hydrogens (tertiary/aromatic N) is 3. The summed E-state index contributed by atoms with van der Waals surface area (Å²) in [5, 5.41) is 5.59. The number of fused-ring (bicyclic) bond motifs is 1. The lowest BCUT2D eigenvalue weighted by Crippen LogP contribution is -2.01. The van der Waals surface area contributed by atoms with Crippen LogP contribution in [0.1, 0.15) is 28.6 Å². The summed E-state index contributed by atoms with van der Waals surface area (Å²) in [6.45, 7) is 5.03. The highest BCUT2D eigenvalue weighted by Gasteiger charge is 2.08. The quantitative estimate of drug-likeness (QED) is 0.777. The molecule has 0 unspecified atom stereocenters. The third-order valence-electron chi connectivity index (χ3n) is 3.09. The number of aryl methyl sites for hydroxylation is 2. The number of rotatable bonds is 5. The van der Waals surface area contributed by atoms with Gasteiger partial charge in [0.1, 0.15) is 22.0 Å². The first-order valence-electron chi connectivity index (χ1n) is 6.71. The van der Waals surface area contributed by atoms with Crippen LogP contribution in [0.15, 0.2) is 18.6 Å². The van der Waals surface area contributed by atoms with E-state index in [0.29, 0.717) is 6.54 Å². The monoisotopic (exact) mass is 304 g/mol. The fourth-order valence-electron chi connectivity index (χ4n) is 1.97. The molecule has 0 bridgehead atoms. The van der Waals surface area contributed by atoms with Gasteiger partial charge in [0.2, 0.25) is 0 Å². The van der Waals surface area contributed by atoms with Crippen LogP contribution in [0.3, 0.4) is 0 Å². The average molecular weight is 304 g/mol. The summed E-state index contributed by atoms with van der Waals surface area (Å²) in [6, 6.07) is 2.18. The molecule has 3 rings (SSSR count). The van der Waals surface area contributed by atoms with Crippen molar-refractivity contribution in [3.05, 3.63) is 33.4 Å². The number of thiazole rings is 1. The van der Waals surface area contributed by atoms with E-state index < -0.39 is 0 Å². The van der Waals surface area contributed by atoms with Crippen molar-refractivity contribution in [2.75, 3.05) is 5.32 Å². The average Bonchev–Trinajstić information content (AvgIpc) is 3.11. The Bertz CT molecular complexity index is 717. The van der Waals surface area contributed by atoms with Crippen molar-refractivity contribution in [1.29, 1.82) is 0 Å². The van der Waals surface area contributed by atoms with Crippen molar-refractivity contribution >= 4 is 38.7 Å². The molecule has 3 aromatic rings. The maximum Gasteiger partial charge on any atom is 0.138 e. The SMILES string of the molecule is CCc1cnc(CNc2ncnc3sc(CC)cc23)s1. The Balaban J connectivity index is 1.81. The summed E-state index contributed by atoms with van der Waals surface area (Å²) in [5.41, 5.74) is 0. The van der Waals surface area contributed by atoms with Crippen LogP contribution in [0.5, 0.6) is 0 Å². The molecule has 1 N–H and O–H groups in total. The molecule has 0 radical (unpaired) electrons. The molecular formula is C14H16N4S2. The molecular weight excluding hydrogens is 288 g/mol. The number of anilines is 1. The van der Waals surface area contributed by atoms with Gasteiger partial charge in [0.15, 0.2) is 0 Å². The molecule has 0 fully saturated rings. The van der Waals surface area contributed by atoms with E-state index in [-0.39, 0.29) is 0 Å². The van der Waals surface area contributed by atoms with Gasteiger partial charge in [-0.3, -0.25) is 0 Å². The van der Waals surface area contributed by atoms with Crippen molar-refractivity contribution in [2.45, 2.75) is 33.2 Å². The summed E-state index contributed by atoms with van der Waals surface area (Å²) < 4.78 is 0. The Hall–Kier alpha value is -1.53. The summed E-state index contributed by atoms with van der Waals surface area (Å²) >= 11 is 3.49. The fraction of sp³-hybridized carbons (Fsp3) is 0.357. The van der Waals surface area contributed by atoms with Crippen LogP contribution in [0.25, 0.3) is 10.2 Å². The molecule has 20 heavy (non-hydrogen) atoms. The molecule has 3 heterocycles. The van der Waals surface area contributed by atoms with Gasteiger partial charge in [-0.25, -0.2) is 15.0 Å². The summed E-state index contributed by atoms with van der Waals surface area (Å²) in [4.78, 5) is 16.8. The zero-order valence-corrected chi connectivity index (χ0v) is 13.1. The molecule has 0 aliphatic rings. The third kappa shape index (κ3) is 2.66. The van der Waals surface area contributed by atoms with Gasteiger partial charge in [-0.15, -0.1) is 22.7 Å². The molecule has 0 amide bonds. The summed E-state index contributed by atoms with van der Waals surface area (Å²) in [6.07, 6.45) is 5.66. The van der Waals surface area contributed by atoms with E-state index in [4.69, 9.17) is 0 Å². The molecule has 0 aliphatic carbocycles. The van der Waals surface area contributed by atoms with Gasteiger partial charge < -0.3 is 5.32 Å². The second kappa shape index (κ2) is 5.85. The number of hydrogen-bond donors (Lipinski definition) is 1. The second-order valence-corrected chi connectivity index (χ2v) is 6.75. The van der Waals surface area contributed by atoms with Crippen molar-refractivity contribution in [3.8, 4) is 0 Å². The van der Waals surface area contributed by atoms with E-state index in [1.165, 1.54) is 9.75 Å². The van der Waals surface area contributed by atoms with E-state index in [1.807, 2.05) is 6.20 Å². The standard InChI is InChI=1S/C14H16N4S2/c1-3-9-5-11-13(17-8-18-14(11)20-9)16-7-12-15-6-10(4-2)19-12/h5-6,8H,3-4,7H2,1-2H3,(H,16,17,18). The Morgan fingerprint density at radius 1 is 1.05 bits per heavy atom.